The van der Waals surface area contributed by atoms with Gasteiger partial charge in [-0.2, -0.15) is 0 Å². The molecule has 1 nitrogen and oxygen atoms in total. The van der Waals surface area contributed by atoms with Crippen LogP contribution in [0.4, 0.5) is 0 Å². The van der Waals surface area contributed by atoms with E-state index >= 15 is 0 Å². The highest BCUT2D eigenvalue weighted by Crippen LogP contribution is 2.23. The van der Waals surface area contributed by atoms with Gasteiger partial charge in [0.2, 0.25) is 0 Å². The second-order valence-corrected chi connectivity index (χ2v) is 4.75. The molecule has 76 valence electrons. The summed E-state index contributed by atoms with van der Waals surface area (Å²) in [7, 11) is 0. The third-order valence-corrected chi connectivity index (χ3v) is 3.15. The molecule has 0 aliphatic carbocycles. The summed E-state index contributed by atoms with van der Waals surface area (Å²) in [6, 6.07) is 8.27. The summed E-state index contributed by atoms with van der Waals surface area (Å²) in [6.07, 6.45) is 0. The van der Waals surface area contributed by atoms with Gasteiger partial charge in [-0.3, -0.25) is 0 Å². The fraction of sp³-hybridized carbons (Fsp3) is 0.273. The van der Waals surface area contributed by atoms with E-state index in [0.717, 1.165) is 11.3 Å². The van der Waals surface area contributed by atoms with E-state index in [1.807, 2.05) is 19.1 Å². The van der Waals surface area contributed by atoms with E-state index in [-0.39, 0.29) is 6.04 Å². The van der Waals surface area contributed by atoms with Crippen molar-refractivity contribution in [2.75, 3.05) is 5.75 Å². The number of hydrogen-bond acceptors (Lipinski definition) is 2. The number of thioether (sulfide) groups is 1. The third kappa shape index (κ3) is 3.74. The van der Waals surface area contributed by atoms with Gasteiger partial charge in [0.15, 0.2) is 0 Å². The monoisotopic (exact) mass is 227 g/mol. The highest BCUT2D eigenvalue weighted by molar-refractivity contribution is 7.99. The van der Waals surface area contributed by atoms with Crippen molar-refractivity contribution >= 4 is 23.4 Å². The highest BCUT2D eigenvalue weighted by atomic mass is 35.5. The molecule has 2 N–H and O–H groups in total. The average Bonchev–Trinajstić information content (AvgIpc) is 2.15. The molecule has 0 amide bonds. The average molecular weight is 228 g/mol. The Balaban J connectivity index is 2.68. The van der Waals surface area contributed by atoms with Crippen LogP contribution in [0.1, 0.15) is 18.5 Å². The van der Waals surface area contributed by atoms with Crippen molar-refractivity contribution in [2.24, 2.45) is 5.73 Å². The number of nitrogens with two attached hydrogens (primary N) is 1. The van der Waals surface area contributed by atoms with Crippen LogP contribution in [0.25, 0.3) is 0 Å². The Morgan fingerprint density at radius 3 is 2.93 bits per heavy atom. The number of hydrogen-bond donors (Lipinski definition) is 1. The molecule has 1 unspecified atom stereocenters. The lowest BCUT2D eigenvalue weighted by Crippen LogP contribution is -2.04. The van der Waals surface area contributed by atoms with E-state index in [1.54, 1.807) is 11.8 Å². The van der Waals surface area contributed by atoms with Crippen LogP contribution in [-0.2, 0) is 0 Å². The van der Waals surface area contributed by atoms with Crippen molar-refractivity contribution in [1.29, 1.82) is 0 Å². The van der Waals surface area contributed by atoms with Crippen LogP contribution in [0.15, 0.2) is 40.8 Å². The molecular formula is C11H14ClNS. The predicted molar refractivity (Wildman–Crippen MR) is 64.8 cm³/mol. The first-order chi connectivity index (χ1) is 6.59. The van der Waals surface area contributed by atoms with E-state index in [0.29, 0.717) is 5.03 Å². The molecule has 1 rings (SSSR count). The van der Waals surface area contributed by atoms with Crippen molar-refractivity contribution in [3.05, 3.63) is 41.4 Å². The largest absolute Gasteiger partial charge is 0.324 e. The zero-order valence-electron chi connectivity index (χ0n) is 8.16. The number of halogens is 1. The first-order valence-corrected chi connectivity index (χ1v) is 5.77. The molecule has 14 heavy (non-hydrogen) atoms. The summed E-state index contributed by atoms with van der Waals surface area (Å²) in [5.41, 5.74) is 6.93. The van der Waals surface area contributed by atoms with Gasteiger partial charge in [0, 0.05) is 21.7 Å². The molecule has 0 aromatic heterocycles. The van der Waals surface area contributed by atoms with E-state index in [4.69, 9.17) is 17.3 Å². The molecule has 0 radical (unpaired) electrons. The van der Waals surface area contributed by atoms with Gasteiger partial charge in [0.25, 0.3) is 0 Å². The number of benzene rings is 1. The van der Waals surface area contributed by atoms with Crippen LogP contribution in [0.5, 0.6) is 0 Å². The summed E-state index contributed by atoms with van der Waals surface area (Å²) >= 11 is 7.36. The van der Waals surface area contributed by atoms with Crippen LogP contribution >= 0.6 is 23.4 Å². The first kappa shape index (κ1) is 11.6. The SMILES string of the molecule is C=C(Cl)CSc1cccc(C(C)N)c1. The number of rotatable bonds is 4. The van der Waals surface area contributed by atoms with Crippen molar-refractivity contribution in [1.82, 2.24) is 0 Å². The quantitative estimate of drug-likeness (QED) is 0.797. The Bertz CT molecular complexity index is 323. The minimum Gasteiger partial charge on any atom is -0.324 e. The van der Waals surface area contributed by atoms with Crippen molar-refractivity contribution in [3.8, 4) is 0 Å². The molecule has 0 heterocycles. The van der Waals surface area contributed by atoms with E-state index in [2.05, 4.69) is 18.7 Å². The van der Waals surface area contributed by atoms with Gasteiger partial charge in [-0.1, -0.05) is 30.3 Å². The minimum atomic E-state index is 0.0785. The standard InChI is InChI=1S/C11H14ClNS/c1-8(12)7-14-11-5-3-4-10(6-11)9(2)13/h3-6,9H,1,7,13H2,2H3. The Hall–Kier alpha value is -0.440. The van der Waals surface area contributed by atoms with Crippen LogP contribution < -0.4 is 5.73 Å². The summed E-state index contributed by atoms with van der Waals surface area (Å²) in [5.74, 6) is 0.740. The lowest BCUT2D eigenvalue weighted by Gasteiger charge is -2.07. The summed E-state index contributed by atoms with van der Waals surface area (Å²) in [4.78, 5) is 1.18. The summed E-state index contributed by atoms with van der Waals surface area (Å²) < 4.78 is 0. The zero-order chi connectivity index (χ0) is 10.6. The molecule has 0 saturated heterocycles. The lowest BCUT2D eigenvalue weighted by molar-refractivity contribution is 0.815. The highest BCUT2D eigenvalue weighted by Gasteiger charge is 2.00. The van der Waals surface area contributed by atoms with Crippen LogP contribution in [0.2, 0.25) is 0 Å². The van der Waals surface area contributed by atoms with E-state index in [9.17, 15) is 0 Å². The van der Waals surface area contributed by atoms with Crippen molar-refractivity contribution in [3.63, 3.8) is 0 Å². The van der Waals surface area contributed by atoms with Crippen molar-refractivity contribution in [2.45, 2.75) is 17.9 Å². The Kier molecular flexibility index (Phi) is 4.52. The van der Waals surface area contributed by atoms with Crippen LogP contribution in [0, 0.1) is 0 Å². The van der Waals surface area contributed by atoms with E-state index in [1.165, 1.54) is 4.90 Å². The third-order valence-electron chi connectivity index (χ3n) is 1.78. The molecule has 3 heteroatoms. The molecule has 0 aliphatic heterocycles. The molecule has 0 bridgehead atoms. The smallest absolute Gasteiger partial charge is 0.0334 e. The Labute approximate surface area is 94.3 Å². The van der Waals surface area contributed by atoms with Crippen LogP contribution in [0.3, 0.4) is 0 Å². The molecule has 0 saturated carbocycles. The van der Waals surface area contributed by atoms with Gasteiger partial charge in [-0.05, 0) is 24.6 Å². The second kappa shape index (κ2) is 5.44. The maximum atomic E-state index is 5.79. The molecule has 1 aromatic rings. The second-order valence-electron chi connectivity index (χ2n) is 3.17. The maximum absolute atomic E-state index is 5.79. The normalized spacial score (nSPS) is 12.5. The van der Waals surface area contributed by atoms with Gasteiger partial charge in [-0.15, -0.1) is 11.8 Å². The fourth-order valence-corrected chi connectivity index (χ4v) is 1.93. The molecule has 0 spiro atoms. The molecule has 1 aromatic carbocycles. The summed E-state index contributed by atoms with van der Waals surface area (Å²) in [6.45, 7) is 5.62. The molecule has 1 atom stereocenters. The minimum absolute atomic E-state index is 0.0785. The predicted octanol–water partition coefficient (Wildman–Crippen LogP) is 3.55. The molecular weight excluding hydrogens is 214 g/mol. The van der Waals surface area contributed by atoms with Gasteiger partial charge in [0.05, 0.1) is 0 Å². The van der Waals surface area contributed by atoms with Crippen LogP contribution in [-0.4, -0.2) is 5.75 Å². The fourth-order valence-electron chi connectivity index (χ4n) is 1.05. The maximum Gasteiger partial charge on any atom is 0.0334 e. The summed E-state index contributed by atoms with van der Waals surface area (Å²) in [5, 5.41) is 0.668. The molecule has 0 aliphatic rings. The van der Waals surface area contributed by atoms with Gasteiger partial charge >= 0.3 is 0 Å². The molecule has 0 fully saturated rings. The van der Waals surface area contributed by atoms with Gasteiger partial charge < -0.3 is 5.73 Å². The zero-order valence-corrected chi connectivity index (χ0v) is 9.74. The first-order valence-electron chi connectivity index (χ1n) is 4.41. The van der Waals surface area contributed by atoms with E-state index < -0.39 is 0 Å². The topological polar surface area (TPSA) is 26.0 Å². The Morgan fingerprint density at radius 2 is 2.36 bits per heavy atom. The Morgan fingerprint density at radius 1 is 1.64 bits per heavy atom. The lowest BCUT2D eigenvalue weighted by atomic mass is 10.1. The van der Waals surface area contributed by atoms with Gasteiger partial charge in [-0.25, -0.2) is 0 Å². The van der Waals surface area contributed by atoms with Gasteiger partial charge in [0.1, 0.15) is 0 Å². The van der Waals surface area contributed by atoms with Crippen molar-refractivity contribution < 1.29 is 0 Å².